The Morgan fingerprint density at radius 1 is 1.33 bits per heavy atom. The lowest BCUT2D eigenvalue weighted by molar-refractivity contribution is -0.156. The van der Waals surface area contributed by atoms with Gasteiger partial charge in [0.25, 0.3) is 0 Å². The first kappa shape index (κ1) is 22.1. The van der Waals surface area contributed by atoms with Crippen molar-refractivity contribution >= 4 is 31.9 Å². The molecule has 152 valence electrons. The predicted molar refractivity (Wildman–Crippen MR) is 110 cm³/mol. The summed E-state index contributed by atoms with van der Waals surface area (Å²) in [4.78, 5) is 12.4. The number of rotatable bonds is 11. The van der Waals surface area contributed by atoms with Crippen LogP contribution < -0.4 is 5.32 Å². The number of nitrogens with one attached hydrogen (secondary N) is 1. The van der Waals surface area contributed by atoms with Crippen LogP contribution in [0.1, 0.15) is 32.8 Å². The summed E-state index contributed by atoms with van der Waals surface area (Å²) in [5.41, 5.74) is 0.170. The Labute approximate surface area is 164 Å². The molecule has 1 aromatic carbocycles. The number of ether oxygens (including phenoxy) is 1. The molecular formula is C19H29NO5S2. The average molecular weight is 416 g/mol. The van der Waals surface area contributed by atoms with Crippen molar-refractivity contribution in [2.24, 2.45) is 5.41 Å². The van der Waals surface area contributed by atoms with Crippen LogP contribution in [0.5, 0.6) is 0 Å². The van der Waals surface area contributed by atoms with Gasteiger partial charge in [-0.1, -0.05) is 41.1 Å². The van der Waals surface area contributed by atoms with E-state index in [-0.39, 0.29) is 30.3 Å². The Kier molecular flexibility index (Phi) is 8.03. The van der Waals surface area contributed by atoms with Crippen molar-refractivity contribution in [3.8, 4) is 0 Å². The monoisotopic (exact) mass is 415 g/mol. The summed E-state index contributed by atoms with van der Waals surface area (Å²) in [7, 11) is -3.51. The molecule has 0 radical (unpaired) electrons. The molecule has 0 aliphatic carbocycles. The first-order valence-corrected chi connectivity index (χ1v) is 12.1. The molecule has 0 amide bonds. The molecule has 0 spiro atoms. The van der Waals surface area contributed by atoms with E-state index >= 15 is 0 Å². The highest BCUT2D eigenvalue weighted by Gasteiger charge is 2.34. The van der Waals surface area contributed by atoms with Crippen molar-refractivity contribution in [2.75, 3.05) is 24.7 Å². The Bertz CT molecular complexity index is 756. The van der Waals surface area contributed by atoms with Crippen molar-refractivity contribution in [1.29, 1.82) is 0 Å². The summed E-state index contributed by atoms with van der Waals surface area (Å²) in [6, 6.07) is 9.54. The zero-order valence-electron chi connectivity index (χ0n) is 16.1. The van der Waals surface area contributed by atoms with Crippen LogP contribution >= 0.6 is 10.8 Å². The van der Waals surface area contributed by atoms with Crippen LogP contribution in [-0.2, 0) is 30.2 Å². The summed E-state index contributed by atoms with van der Waals surface area (Å²) in [5, 5.41) is 4.40. The van der Waals surface area contributed by atoms with Crippen molar-refractivity contribution in [1.82, 2.24) is 5.32 Å². The highest BCUT2D eigenvalue weighted by Crippen LogP contribution is 2.25. The number of benzene rings is 1. The summed E-state index contributed by atoms with van der Waals surface area (Å²) in [6.45, 7) is 6.50. The SMILES string of the molecule is C/C=S(/CCCS(=O)(=O)C1CN1)OCC(C)(C)C(=O)OCc1ccccc1. The van der Waals surface area contributed by atoms with E-state index in [2.05, 4.69) is 5.32 Å². The lowest BCUT2D eigenvalue weighted by Crippen LogP contribution is -2.31. The molecular weight excluding hydrogens is 386 g/mol. The minimum absolute atomic E-state index is 0.161. The van der Waals surface area contributed by atoms with Gasteiger partial charge < -0.3 is 8.92 Å². The van der Waals surface area contributed by atoms with Gasteiger partial charge in [0.15, 0.2) is 9.84 Å². The predicted octanol–water partition coefficient (Wildman–Crippen LogP) is 2.51. The normalized spacial score (nSPS) is 18.3. The number of sulfone groups is 1. The van der Waals surface area contributed by atoms with Crippen molar-refractivity contribution in [2.45, 2.75) is 39.2 Å². The van der Waals surface area contributed by atoms with E-state index in [1.807, 2.05) is 42.6 Å². The van der Waals surface area contributed by atoms with E-state index in [0.29, 0.717) is 18.7 Å². The average Bonchev–Trinajstić information content (AvgIpc) is 3.49. The minimum Gasteiger partial charge on any atom is -0.460 e. The van der Waals surface area contributed by atoms with Gasteiger partial charge in [-0.3, -0.25) is 10.1 Å². The quantitative estimate of drug-likeness (QED) is 0.339. The van der Waals surface area contributed by atoms with Gasteiger partial charge in [0.05, 0.1) is 17.8 Å². The molecule has 0 aromatic heterocycles. The standard InChI is InChI=1S/C19H29NO5S2/c1-4-26(11-8-12-27(22,23)17-13-20-17)25-15-19(2,3)18(21)24-14-16-9-6-5-7-10-16/h4-7,9-10,17,20H,8,11-15H2,1-3H3. The van der Waals surface area contributed by atoms with Gasteiger partial charge in [-0.2, -0.15) is 0 Å². The zero-order chi connectivity index (χ0) is 19.9. The maximum Gasteiger partial charge on any atom is 0.314 e. The molecule has 1 aliphatic rings. The van der Waals surface area contributed by atoms with Crippen LogP contribution in [0.25, 0.3) is 0 Å². The molecule has 1 heterocycles. The molecule has 6 nitrogen and oxygen atoms in total. The highest BCUT2D eigenvalue weighted by molar-refractivity contribution is 8.10. The van der Waals surface area contributed by atoms with E-state index in [4.69, 9.17) is 8.92 Å². The van der Waals surface area contributed by atoms with Gasteiger partial charge in [-0.15, -0.1) is 0 Å². The summed E-state index contributed by atoms with van der Waals surface area (Å²) >= 11 is 0. The zero-order valence-corrected chi connectivity index (χ0v) is 17.8. The third kappa shape index (κ3) is 7.37. The number of esters is 1. The summed E-state index contributed by atoms with van der Waals surface area (Å²) in [5.74, 6) is 0.485. The maximum atomic E-state index is 12.4. The van der Waals surface area contributed by atoms with Gasteiger partial charge >= 0.3 is 5.97 Å². The van der Waals surface area contributed by atoms with Crippen LogP contribution in [0.3, 0.4) is 0 Å². The molecule has 1 aromatic rings. The van der Waals surface area contributed by atoms with E-state index in [0.717, 1.165) is 5.56 Å². The lowest BCUT2D eigenvalue weighted by Gasteiger charge is -2.23. The molecule has 2 atom stereocenters. The van der Waals surface area contributed by atoms with Crippen LogP contribution in [0.15, 0.2) is 30.3 Å². The Balaban J connectivity index is 1.75. The first-order chi connectivity index (χ1) is 12.7. The maximum absolute atomic E-state index is 12.4. The van der Waals surface area contributed by atoms with Crippen LogP contribution in [0, 0.1) is 5.41 Å². The number of carbonyl (C=O) groups excluding carboxylic acids is 1. The summed E-state index contributed by atoms with van der Waals surface area (Å²) < 4.78 is 35.1. The van der Waals surface area contributed by atoms with Gasteiger partial charge in [-0.05, 0) is 38.1 Å². The smallest absolute Gasteiger partial charge is 0.314 e. The second-order valence-corrected chi connectivity index (χ2v) is 11.3. The number of hydrogen-bond donors (Lipinski definition) is 1. The number of hydrogen-bond acceptors (Lipinski definition) is 6. The van der Waals surface area contributed by atoms with Crippen LogP contribution in [-0.4, -0.2) is 49.8 Å². The molecule has 1 saturated heterocycles. The Hall–Kier alpha value is -1.22. The highest BCUT2D eigenvalue weighted by atomic mass is 32.2. The second kappa shape index (κ2) is 9.82. The molecule has 1 fully saturated rings. The fourth-order valence-corrected chi connectivity index (χ4v) is 5.27. The van der Waals surface area contributed by atoms with E-state index < -0.39 is 26.0 Å². The summed E-state index contributed by atoms with van der Waals surface area (Å²) in [6.07, 6.45) is 0.548. The van der Waals surface area contributed by atoms with Crippen molar-refractivity contribution in [3.63, 3.8) is 0 Å². The van der Waals surface area contributed by atoms with E-state index in [9.17, 15) is 13.2 Å². The lowest BCUT2D eigenvalue weighted by atomic mass is 9.95. The molecule has 2 rings (SSSR count). The third-order valence-electron chi connectivity index (χ3n) is 4.18. The molecule has 0 saturated carbocycles. The Morgan fingerprint density at radius 2 is 2.00 bits per heavy atom. The fraction of sp³-hybridized carbons (Fsp3) is 0.579. The Morgan fingerprint density at radius 3 is 2.59 bits per heavy atom. The largest absolute Gasteiger partial charge is 0.460 e. The molecule has 0 bridgehead atoms. The molecule has 2 unspecified atom stereocenters. The van der Waals surface area contributed by atoms with Crippen LogP contribution in [0.4, 0.5) is 0 Å². The minimum atomic E-state index is -3.03. The molecule has 8 heteroatoms. The molecule has 1 aliphatic heterocycles. The second-order valence-electron chi connectivity index (χ2n) is 7.15. The first-order valence-electron chi connectivity index (χ1n) is 9.03. The fourth-order valence-electron chi connectivity index (χ4n) is 2.29. The molecule has 27 heavy (non-hydrogen) atoms. The van der Waals surface area contributed by atoms with Crippen molar-refractivity contribution < 1.29 is 22.1 Å². The third-order valence-corrected chi connectivity index (χ3v) is 7.87. The number of carbonyl (C=O) groups is 1. The topological polar surface area (TPSA) is 91.6 Å². The van der Waals surface area contributed by atoms with Crippen LogP contribution in [0.2, 0.25) is 0 Å². The van der Waals surface area contributed by atoms with Gasteiger partial charge in [0, 0.05) is 12.3 Å². The van der Waals surface area contributed by atoms with Gasteiger partial charge in [0.1, 0.15) is 12.0 Å². The van der Waals surface area contributed by atoms with E-state index in [1.165, 1.54) is 0 Å². The molecule has 1 N–H and O–H groups in total. The van der Waals surface area contributed by atoms with Gasteiger partial charge in [0.2, 0.25) is 0 Å². The van der Waals surface area contributed by atoms with E-state index in [1.54, 1.807) is 13.8 Å². The van der Waals surface area contributed by atoms with Crippen molar-refractivity contribution in [3.05, 3.63) is 35.9 Å². The van der Waals surface area contributed by atoms with Gasteiger partial charge in [-0.25, -0.2) is 8.42 Å².